The fourth-order valence-electron chi connectivity index (χ4n) is 1.67. The number of halogens is 2. The minimum Gasteiger partial charge on any atom is -0.490 e. The van der Waals surface area contributed by atoms with Crippen molar-refractivity contribution in [2.45, 2.75) is 0 Å². The van der Waals surface area contributed by atoms with Crippen LogP contribution in [0.1, 0.15) is 5.56 Å². The lowest BCUT2D eigenvalue weighted by Gasteiger charge is -2.11. The van der Waals surface area contributed by atoms with E-state index in [1.54, 1.807) is 24.3 Å². The van der Waals surface area contributed by atoms with E-state index in [4.69, 9.17) is 27.4 Å². The summed E-state index contributed by atoms with van der Waals surface area (Å²) < 4.78 is 24.7. The van der Waals surface area contributed by atoms with Crippen LogP contribution in [-0.4, -0.2) is 18.2 Å². The van der Waals surface area contributed by atoms with E-state index < -0.39 is 0 Å². The van der Waals surface area contributed by atoms with Gasteiger partial charge in [-0.2, -0.15) is 0 Å². The van der Waals surface area contributed by atoms with E-state index in [0.29, 0.717) is 28.1 Å². The molecule has 3 nitrogen and oxygen atoms in total. The van der Waals surface area contributed by atoms with Gasteiger partial charge in [-0.1, -0.05) is 24.4 Å². The average molecular weight is 370 g/mol. The Morgan fingerprint density at radius 3 is 2.57 bits per heavy atom. The molecule has 2 N–H and O–H groups in total. The summed E-state index contributed by atoms with van der Waals surface area (Å²) in [5.74, 6) is 0.685. The second kappa shape index (κ2) is 7.38. The lowest BCUT2D eigenvalue weighted by Crippen LogP contribution is -2.14. The second-order valence-electron chi connectivity index (χ2n) is 4.13. The fraction of sp³-hybridized carbons (Fsp3) is 0.133. The van der Waals surface area contributed by atoms with Crippen LogP contribution in [0.15, 0.2) is 46.9 Å². The first-order valence-corrected chi connectivity index (χ1v) is 7.37. The van der Waals surface area contributed by atoms with E-state index in [9.17, 15) is 4.39 Å². The Balaban J connectivity index is 1.87. The smallest absolute Gasteiger partial charge is 0.141 e. The van der Waals surface area contributed by atoms with E-state index in [1.807, 2.05) is 12.1 Å². The minimum absolute atomic E-state index is 0.279. The number of hydrogen-bond acceptors (Lipinski definition) is 3. The van der Waals surface area contributed by atoms with Gasteiger partial charge in [0.25, 0.3) is 0 Å². The summed E-state index contributed by atoms with van der Waals surface area (Å²) in [5.41, 5.74) is 6.30. The van der Waals surface area contributed by atoms with Gasteiger partial charge in [-0.3, -0.25) is 0 Å². The monoisotopic (exact) mass is 369 g/mol. The molecule has 21 heavy (non-hydrogen) atoms. The highest BCUT2D eigenvalue weighted by Gasteiger charge is 2.05. The molecule has 0 atom stereocenters. The standard InChI is InChI=1S/C15H13BrFNO2S/c16-12-6-5-10(9-13(12)17)19-7-8-20-14-4-2-1-3-11(14)15(18)21/h1-6,9H,7-8H2,(H2,18,21). The number of para-hydroxylation sites is 1. The van der Waals surface area contributed by atoms with Gasteiger partial charge in [0, 0.05) is 6.07 Å². The van der Waals surface area contributed by atoms with Crippen LogP contribution in [0.4, 0.5) is 4.39 Å². The zero-order valence-corrected chi connectivity index (χ0v) is 13.4. The Morgan fingerprint density at radius 1 is 1.14 bits per heavy atom. The Labute approximate surface area is 136 Å². The van der Waals surface area contributed by atoms with Gasteiger partial charge in [0.2, 0.25) is 0 Å². The van der Waals surface area contributed by atoms with Crippen LogP contribution in [0, 0.1) is 5.82 Å². The summed E-state index contributed by atoms with van der Waals surface area (Å²) in [6.07, 6.45) is 0. The van der Waals surface area contributed by atoms with E-state index in [2.05, 4.69) is 15.9 Å². The van der Waals surface area contributed by atoms with Crippen molar-refractivity contribution in [1.82, 2.24) is 0 Å². The minimum atomic E-state index is -0.368. The number of ether oxygens (including phenoxy) is 2. The average Bonchev–Trinajstić information content (AvgIpc) is 2.47. The molecule has 0 bridgehead atoms. The van der Waals surface area contributed by atoms with Crippen LogP contribution in [-0.2, 0) is 0 Å². The fourth-order valence-corrected chi connectivity index (χ4v) is 2.09. The quantitative estimate of drug-likeness (QED) is 0.623. The van der Waals surface area contributed by atoms with Gasteiger partial charge in [0.15, 0.2) is 0 Å². The molecule has 0 aliphatic rings. The zero-order chi connectivity index (χ0) is 15.2. The third-order valence-corrected chi connectivity index (χ3v) is 3.52. The highest BCUT2D eigenvalue weighted by atomic mass is 79.9. The second-order valence-corrected chi connectivity index (χ2v) is 5.43. The van der Waals surface area contributed by atoms with E-state index in [-0.39, 0.29) is 17.4 Å². The molecule has 0 saturated carbocycles. The maximum absolute atomic E-state index is 13.3. The predicted molar refractivity (Wildman–Crippen MR) is 87.4 cm³/mol. The highest BCUT2D eigenvalue weighted by Crippen LogP contribution is 2.21. The predicted octanol–water partition coefficient (Wildman–Crippen LogP) is 3.68. The first-order valence-electron chi connectivity index (χ1n) is 6.17. The SMILES string of the molecule is NC(=S)c1ccccc1OCCOc1ccc(Br)c(F)c1. The van der Waals surface area contributed by atoms with Gasteiger partial charge in [-0.25, -0.2) is 4.39 Å². The molecule has 2 aromatic rings. The Morgan fingerprint density at radius 2 is 1.86 bits per heavy atom. The van der Waals surface area contributed by atoms with Crippen LogP contribution in [0.25, 0.3) is 0 Å². The number of nitrogens with two attached hydrogens (primary N) is 1. The van der Waals surface area contributed by atoms with Gasteiger partial charge in [-0.15, -0.1) is 0 Å². The molecule has 0 unspecified atom stereocenters. The van der Waals surface area contributed by atoms with Gasteiger partial charge >= 0.3 is 0 Å². The van der Waals surface area contributed by atoms with Crippen molar-refractivity contribution in [3.63, 3.8) is 0 Å². The topological polar surface area (TPSA) is 44.5 Å². The maximum Gasteiger partial charge on any atom is 0.141 e. The molecular weight excluding hydrogens is 357 g/mol. The normalized spacial score (nSPS) is 10.2. The van der Waals surface area contributed by atoms with Gasteiger partial charge in [0.1, 0.15) is 35.5 Å². The summed E-state index contributed by atoms with van der Waals surface area (Å²) in [5, 5.41) is 0. The zero-order valence-electron chi connectivity index (χ0n) is 11.0. The number of benzene rings is 2. The van der Waals surface area contributed by atoms with Gasteiger partial charge in [-0.05, 0) is 40.2 Å². The van der Waals surface area contributed by atoms with Crippen LogP contribution >= 0.6 is 28.1 Å². The van der Waals surface area contributed by atoms with Crippen molar-refractivity contribution < 1.29 is 13.9 Å². The molecule has 0 saturated heterocycles. The summed E-state index contributed by atoms with van der Waals surface area (Å²) in [4.78, 5) is 0.279. The largest absolute Gasteiger partial charge is 0.490 e. The first-order chi connectivity index (χ1) is 10.1. The van der Waals surface area contributed by atoms with E-state index in [0.717, 1.165) is 0 Å². The lowest BCUT2D eigenvalue weighted by molar-refractivity contribution is 0.216. The van der Waals surface area contributed by atoms with Gasteiger partial charge < -0.3 is 15.2 Å². The molecule has 6 heteroatoms. The van der Waals surface area contributed by atoms with Crippen molar-refractivity contribution in [2.75, 3.05) is 13.2 Å². The summed E-state index contributed by atoms with van der Waals surface area (Å²) in [7, 11) is 0. The molecule has 0 aliphatic carbocycles. The Kier molecular flexibility index (Phi) is 5.52. The molecule has 2 rings (SSSR count). The summed E-state index contributed by atoms with van der Waals surface area (Å²) in [6.45, 7) is 0.587. The van der Waals surface area contributed by atoms with Crippen LogP contribution in [0.3, 0.4) is 0 Å². The third kappa shape index (κ3) is 4.41. The van der Waals surface area contributed by atoms with Crippen molar-refractivity contribution >= 4 is 33.1 Å². The first kappa shape index (κ1) is 15.7. The van der Waals surface area contributed by atoms with Crippen LogP contribution in [0.5, 0.6) is 11.5 Å². The van der Waals surface area contributed by atoms with Crippen molar-refractivity contribution in [1.29, 1.82) is 0 Å². The third-order valence-electron chi connectivity index (χ3n) is 2.65. The van der Waals surface area contributed by atoms with E-state index >= 15 is 0 Å². The molecule has 0 amide bonds. The maximum atomic E-state index is 13.3. The molecule has 0 heterocycles. The molecule has 0 aromatic heterocycles. The van der Waals surface area contributed by atoms with Crippen LogP contribution in [0.2, 0.25) is 0 Å². The van der Waals surface area contributed by atoms with Crippen LogP contribution < -0.4 is 15.2 Å². The summed E-state index contributed by atoms with van der Waals surface area (Å²) in [6, 6.07) is 11.8. The molecule has 0 radical (unpaired) electrons. The Hall–Kier alpha value is -1.66. The lowest BCUT2D eigenvalue weighted by atomic mass is 10.2. The van der Waals surface area contributed by atoms with Crippen molar-refractivity contribution in [3.05, 3.63) is 58.3 Å². The molecule has 0 spiro atoms. The number of thiocarbonyl (C=S) groups is 1. The molecular formula is C15H13BrFNO2S. The number of rotatable bonds is 6. The molecule has 2 aromatic carbocycles. The van der Waals surface area contributed by atoms with Gasteiger partial charge in [0.05, 0.1) is 10.0 Å². The molecule has 110 valence electrons. The van der Waals surface area contributed by atoms with Crippen molar-refractivity contribution in [3.8, 4) is 11.5 Å². The Bertz CT molecular complexity index is 651. The highest BCUT2D eigenvalue weighted by molar-refractivity contribution is 9.10. The van der Waals surface area contributed by atoms with E-state index in [1.165, 1.54) is 6.07 Å². The van der Waals surface area contributed by atoms with Crippen molar-refractivity contribution in [2.24, 2.45) is 5.73 Å². The number of hydrogen-bond donors (Lipinski definition) is 1. The molecule has 0 fully saturated rings. The summed E-state index contributed by atoms with van der Waals surface area (Å²) >= 11 is 8.04. The molecule has 0 aliphatic heterocycles.